The van der Waals surface area contributed by atoms with Gasteiger partial charge in [-0.3, -0.25) is 0 Å². The van der Waals surface area contributed by atoms with Crippen molar-refractivity contribution in [2.45, 2.75) is 78.9 Å². The van der Waals surface area contributed by atoms with Gasteiger partial charge >= 0.3 is 0 Å². The van der Waals surface area contributed by atoms with Crippen LogP contribution >= 0.6 is 0 Å². The predicted octanol–water partition coefficient (Wildman–Crippen LogP) is 15.0. The molecule has 0 saturated heterocycles. The molecule has 3 unspecified atom stereocenters. The van der Waals surface area contributed by atoms with Gasteiger partial charge in [0.15, 0.2) is 69.8 Å². The molecule has 3 atom stereocenters. The molecule has 6 N–H and O–H groups in total. The molecule has 7 aromatic rings. The molecule has 1 aliphatic heterocycles. The maximum Gasteiger partial charge on any atom is 0.185 e. The summed E-state index contributed by atoms with van der Waals surface area (Å²) in [7, 11) is 0. The van der Waals surface area contributed by atoms with Crippen molar-refractivity contribution >= 4 is 62.3 Å². The molecule has 0 aliphatic carbocycles. The first kappa shape index (κ1) is 47.4. The van der Waals surface area contributed by atoms with E-state index >= 15 is 52.7 Å². The molecule has 4 aromatic heterocycles. The molecule has 8 bridgehead atoms. The molecular weight excluding hydrogens is 915 g/mol. The molecule has 0 fully saturated rings. The Morgan fingerprint density at radius 2 is 0.603 bits per heavy atom. The number of nitrogens with zero attached hydrogens (tertiary/aromatic N) is 1. The highest BCUT2D eigenvalue weighted by Crippen LogP contribution is 2.44. The highest BCUT2D eigenvalue weighted by atomic mass is 19.2. The van der Waals surface area contributed by atoms with Gasteiger partial charge in [0.05, 0.1) is 33.6 Å². The molecule has 19 heteroatoms. The van der Waals surface area contributed by atoms with E-state index in [0.717, 1.165) is 24.3 Å². The molecule has 0 saturated carbocycles. The zero-order valence-corrected chi connectivity index (χ0v) is 37.0. The molecule has 1 aliphatic rings. The molecule has 7 nitrogen and oxygen atoms in total. The topological polar surface area (TPSA) is 96.3 Å². The molecule has 3 aromatic carbocycles. The number of aromatic amines is 3. The Morgan fingerprint density at radius 1 is 0.353 bits per heavy atom. The fourth-order valence-corrected chi connectivity index (χ4v) is 7.92. The Hall–Kier alpha value is -7.05. The molecule has 0 spiro atoms. The van der Waals surface area contributed by atoms with Gasteiger partial charge in [0.25, 0.3) is 0 Å². The van der Waals surface area contributed by atoms with Crippen molar-refractivity contribution in [2.24, 2.45) is 0 Å². The van der Waals surface area contributed by atoms with E-state index in [0.29, 0.717) is 12.8 Å². The van der Waals surface area contributed by atoms with E-state index in [2.05, 4.69) is 35.9 Å². The van der Waals surface area contributed by atoms with E-state index < -0.39 is 149 Å². The zero-order chi connectivity index (χ0) is 49.2. The van der Waals surface area contributed by atoms with Crippen LogP contribution in [0.5, 0.6) is 0 Å². The lowest BCUT2D eigenvalue weighted by Crippen LogP contribution is -2.18. The van der Waals surface area contributed by atoms with Gasteiger partial charge in [-0.15, -0.1) is 0 Å². The first-order valence-corrected chi connectivity index (χ1v) is 21.6. The summed E-state index contributed by atoms with van der Waals surface area (Å²) in [5.74, 6) is -22.3. The number of rotatable bonds is 12. The van der Waals surface area contributed by atoms with E-state index in [1.807, 2.05) is 0 Å². The second-order valence-electron chi connectivity index (χ2n) is 16.6. The van der Waals surface area contributed by atoms with Gasteiger partial charge in [-0.25, -0.2) is 57.7 Å². The van der Waals surface area contributed by atoms with Gasteiger partial charge in [0.1, 0.15) is 17.1 Å². The summed E-state index contributed by atoms with van der Waals surface area (Å²) in [6, 6.07) is 4.93. The van der Waals surface area contributed by atoms with Crippen molar-refractivity contribution in [2.75, 3.05) is 16.0 Å². The zero-order valence-electron chi connectivity index (χ0n) is 37.0. The van der Waals surface area contributed by atoms with Crippen LogP contribution in [-0.4, -0.2) is 38.1 Å². The maximum absolute atomic E-state index is 16.6. The lowest BCUT2D eigenvalue weighted by atomic mass is 10.0. The molecule has 356 valence electrons. The van der Waals surface area contributed by atoms with Crippen molar-refractivity contribution in [3.8, 4) is 33.4 Å². The first-order valence-electron chi connectivity index (χ1n) is 21.6. The monoisotopic (exact) mass is 955 g/mol. The van der Waals surface area contributed by atoms with Crippen LogP contribution in [-0.2, 0) is 0 Å². The van der Waals surface area contributed by atoms with Crippen LogP contribution in [0.25, 0.3) is 78.6 Å². The molecule has 0 amide bonds. The second-order valence-corrected chi connectivity index (χ2v) is 16.6. The van der Waals surface area contributed by atoms with Gasteiger partial charge in [-0.2, -0.15) is 0 Å². The SMILES string of the molecule is CCC(C)Nc1c(F)c(F)c(-c2c3nc(c4ccc([nH]4)c(-c4c(F)c(F)c(NC(C)CC)c(F)c4F)c4ccc([nH]4)c(-c4c(F)c(F)c(NC(C)CC)c(F)c4F)c4ccc2[nH]4)C=C3)c(F)c1F. The molecular formula is C49H41F12N7. The van der Waals surface area contributed by atoms with Crippen molar-refractivity contribution in [1.29, 1.82) is 0 Å². The Morgan fingerprint density at radius 3 is 0.912 bits per heavy atom. The Bertz CT molecular complexity index is 3250. The molecule has 8 rings (SSSR count). The van der Waals surface area contributed by atoms with Crippen LogP contribution in [0.3, 0.4) is 0 Å². The summed E-state index contributed by atoms with van der Waals surface area (Å²) < 4.78 is 195. The maximum atomic E-state index is 16.6. The number of halogens is 12. The lowest BCUT2D eigenvalue weighted by molar-refractivity contribution is 0.461. The normalized spacial score (nSPS) is 13.4. The van der Waals surface area contributed by atoms with Crippen LogP contribution in [0, 0.1) is 69.8 Å². The van der Waals surface area contributed by atoms with Gasteiger partial charge in [-0.05, 0) is 88.6 Å². The average Bonchev–Trinajstić information content (AvgIpc) is 4.18. The highest BCUT2D eigenvalue weighted by molar-refractivity contribution is 6.01. The van der Waals surface area contributed by atoms with Crippen LogP contribution in [0.1, 0.15) is 72.2 Å². The fourth-order valence-electron chi connectivity index (χ4n) is 7.92. The van der Waals surface area contributed by atoms with E-state index in [1.165, 1.54) is 45.1 Å². The lowest BCUT2D eigenvalue weighted by Gasteiger charge is -2.18. The van der Waals surface area contributed by atoms with Crippen LogP contribution in [0.2, 0.25) is 0 Å². The van der Waals surface area contributed by atoms with Gasteiger partial charge < -0.3 is 30.9 Å². The quantitative estimate of drug-likeness (QED) is 0.0543. The number of nitrogens with one attached hydrogen (secondary N) is 6. The summed E-state index contributed by atoms with van der Waals surface area (Å²) in [4.78, 5) is 12.8. The predicted molar refractivity (Wildman–Crippen MR) is 241 cm³/mol. The number of fused-ring (bicyclic) bond motifs is 9. The third kappa shape index (κ3) is 7.84. The third-order valence-corrected chi connectivity index (χ3v) is 12.1. The number of anilines is 3. The van der Waals surface area contributed by atoms with E-state index in [1.54, 1.807) is 20.8 Å². The average molecular weight is 956 g/mol. The Balaban J connectivity index is 1.57. The summed E-state index contributed by atoms with van der Waals surface area (Å²) in [5.41, 5.74) is -11.5. The summed E-state index contributed by atoms with van der Waals surface area (Å²) in [6.07, 6.45) is 3.38. The minimum absolute atomic E-state index is 0.0337. The van der Waals surface area contributed by atoms with E-state index in [4.69, 9.17) is 0 Å². The van der Waals surface area contributed by atoms with Crippen LogP contribution < -0.4 is 16.0 Å². The summed E-state index contributed by atoms with van der Waals surface area (Å²) in [6.45, 7) is 9.50. The number of hydrogen-bond donors (Lipinski definition) is 6. The number of hydrogen-bond acceptors (Lipinski definition) is 4. The summed E-state index contributed by atoms with van der Waals surface area (Å²) >= 11 is 0. The van der Waals surface area contributed by atoms with Crippen molar-refractivity contribution < 1.29 is 52.7 Å². The van der Waals surface area contributed by atoms with Crippen LogP contribution in [0.4, 0.5) is 69.7 Å². The number of aromatic nitrogens is 4. The molecule has 68 heavy (non-hydrogen) atoms. The summed E-state index contributed by atoms with van der Waals surface area (Å²) in [5, 5.41) is 7.23. The second kappa shape index (κ2) is 18.2. The van der Waals surface area contributed by atoms with Gasteiger partial charge in [0, 0.05) is 62.4 Å². The van der Waals surface area contributed by atoms with E-state index in [9.17, 15) is 0 Å². The minimum atomic E-state index is -1.95. The van der Waals surface area contributed by atoms with Gasteiger partial charge in [0.2, 0.25) is 0 Å². The smallest absolute Gasteiger partial charge is 0.185 e. The Labute approximate surface area is 380 Å². The van der Waals surface area contributed by atoms with Crippen molar-refractivity contribution in [3.05, 3.63) is 118 Å². The molecule has 0 radical (unpaired) electrons. The standard InChI is InChI=1S/C49H41F12N7/c1-7-18(4)62-47-41(56)35(50)32(36(51)42(47)57)29-23-12-10-21(65-23)22-11-13-24(66-22)30(33-37(52)43(58)48(44(59)38(33)53)63-19(5)8-2)26-15-17-28(68-26)31(27-16-14-25(29)67-27)34-39(54)45(60)49(46(61)40(34)55)64-20(6)9-3/h10-20,62-65,67-68H,7-9H2,1-6H3. The number of benzene rings is 3. The number of H-pyrrole nitrogens is 3. The van der Waals surface area contributed by atoms with E-state index in [-0.39, 0.29) is 39.9 Å². The van der Waals surface area contributed by atoms with Gasteiger partial charge in [-0.1, -0.05) is 20.8 Å². The van der Waals surface area contributed by atoms with Crippen molar-refractivity contribution in [3.63, 3.8) is 0 Å². The fraction of sp³-hybridized carbons (Fsp3) is 0.245. The highest BCUT2D eigenvalue weighted by Gasteiger charge is 2.33. The minimum Gasteiger partial charge on any atom is -0.378 e. The first-order chi connectivity index (χ1) is 32.3. The van der Waals surface area contributed by atoms with Crippen LogP contribution in [0.15, 0.2) is 36.4 Å². The third-order valence-electron chi connectivity index (χ3n) is 12.1. The molecule has 5 heterocycles. The Kier molecular flexibility index (Phi) is 12.7. The largest absolute Gasteiger partial charge is 0.378 e. The van der Waals surface area contributed by atoms with Crippen molar-refractivity contribution in [1.82, 2.24) is 19.9 Å².